The van der Waals surface area contributed by atoms with Crippen molar-refractivity contribution in [1.29, 1.82) is 0 Å². The van der Waals surface area contributed by atoms with Crippen molar-refractivity contribution in [3.63, 3.8) is 0 Å². The lowest BCUT2D eigenvalue weighted by Crippen LogP contribution is -2.43. The van der Waals surface area contributed by atoms with Gasteiger partial charge in [0.15, 0.2) is 5.96 Å². The van der Waals surface area contributed by atoms with E-state index in [2.05, 4.69) is 41.7 Å². The number of rotatable bonds is 8. The van der Waals surface area contributed by atoms with E-state index in [9.17, 15) is 4.79 Å². The summed E-state index contributed by atoms with van der Waals surface area (Å²) in [5.41, 5.74) is 0. The van der Waals surface area contributed by atoms with Gasteiger partial charge in [0.05, 0.1) is 0 Å². The third-order valence-corrected chi connectivity index (χ3v) is 2.66. The fourth-order valence-electron chi connectivity index (χ4n) is 1.61. The number of likely N-dealkylation sites (N-methyl/N-ethyl adjacent to an activating group) is 1. The van der Waals surface area contributed by atoms with Crippen LogP contribution in [0.4, 0.5) is 0 Å². The van der Waals surface area contributed by atoms with Gasteiger partial charge in [0.25, 0.3) is 0 Å². The highest BCUT2D eigenvalue weighted by Crippen LogP contribution is 2.06. The Bertz CT molecular complexity index is 282. The third kappa shape index (κ3) is 12.5. The number of aliphatic imine (C=N–C) groups is 1. The molecular formula is C14H31IN4O. The summed E-state index contributed by atoms with van der Waals surface area (Å²) in [6.45, 7) is 12.1. The molecule has 20 heavy (non-hydrogen) atoms. The molecule has 0 aliphatic carbocycles. The zero-order valence-electron chi connectivity index (χ0n) is 13.5. The molecule has 1 unspecified atom stereocenters. The summed E-state index contributed by atoms with van der Waals surface area (Å²) in [7, 11) is 0. The molecule has 0 radical (unpaired) electrons. The average Bonchev–Trinajstić information content (AvgIpc) is 2.34. The lowest BCUT2D eigenvalue weighted by atomic mass is 10.0. The molecule has 0 saturated heterocycles. The van der Waals surface area contributed by atoms with Crippen LogP contribution in [0.5, 0.6) is 0 Å². The van der Waals surface area contributed by atoms with Crippen molar-refractivity contribution in [1.82, 2.24) is 16.0 Å². The predicted molar refractivity (Wildman–Crippen MR) is 96.7 cm³/mol. The molecule has 5 nitrogen and oxygen atoms in total. The molecule has 0 fully saturated rings. The normalized spacial score (nSPS) is 12.6. The van der Waals surface area contributed by atoms with E-state index in [1.807, 2.05) is 13.8 Å². The number of guanidine groups is 1. The van der Waals surface area contributed by atoms with Gasteiger partial charge in [0.2, 0.25) is 5.91 Å². The smallest absolute Gasteiger partial charge is 0.241 e. The molecule has 0 aromatic carbocycles. The van der Waals surface area contributed by atoms with Gasteiger partial charge in [-0.05, 0) is 39.5 Å². The van der Waals surface area contributed by atoms with Crippen LogP contribution in [0.3, 0.4) is 0 Å². The van der Waals surface area contributed by atoms with E-state index < -0.39 is 0 Å². The van der Waals surface area contributed by atoms with Crippen molar-refractivity contribution in [2.24, 2.45) is 10.9 Å². The minimum Gasteiger partial charge on any atom is -0.357 e. The zero-order chi connectivity index (χ0) is 14.7. The lowest BCUT2D eigenvalue weighted by molar-refractivity contribution is -0.119. The van der Waals surface area contributed by atoms with Crippen LogP contribution in [-0.4, -0.2) is 37.5 Å². The molecule has 6 heteroatoms. The van der Waals surface area contributed by atoms with Crippen LogP contribution in [0.1, 0.15) is 47.5 Å². The molecule has 0 aromatic heterocycles. The Morgan fingerprint density at radius 1 is 1.05 bits per heavy atom. The summed E-state index contributed by atoms with van der Waals surface area (Å²) in [6, 6.07) is 0.356. The van der Waals surface area contributed by atoms with E-state index in [1.165, 1.54) is 6.42 Å². The summed E-state index contributed by atoms with van der Waals surface area (Å²) in [6.07, 6.45) is 2.28. The Hall–Kier alpha value is -0.530. The van der Waals surface area contributed by atoms with Crippen molar-refractivity contribution in [3.05, 3.63) is 0 Å². The molecule has 0 rings (SSSR count). The maximum Gasteiger partial charge on any atom is 0.241 e. The molecular weight excluding hydrogens is 367 g/mol. The van der Waals surface area contributed by atoms with Gasteiger partial charge in [-0.15, -0.1) is 24.0 Å². The largest absolute Gasteiger partial charge is 0.357 e. The quantitative estimate of drug-likeness (QED) is 0.333. The Morgan fingerprint density at radius 3 is 2.15 bits per heavy atom. The number of halogens is 1. The zero-order valence-corrected chi connectivity index (χ0v) is 15.8. The van der Waals surface area contributed by atoms with Gasteiger partial charge in [-0.3, -0.25) is 4.79 Å². The maximum atomic E-state index is 11.4. The summed E-state index contributed by atoms with van der Waals surface area (Å²) >= 11 is 0. The summed E-state index contributed by atoms with van der Waals surface area (Å²) in [4.78, 5) is 15.7. The van der Waals surface area contributed by atoms with Crippen molar-refractivity contribution >= 4 is 35.8 Å². The molecule has 120 valence electrons. The van der Waals surface area contributed by atoms with E-state index >= 15 is 0 Å². The predicted octanol–water partition coefficient (Wildman–Crippen LogP) is 2.12. The van der Waals surface area contributed by atoms with Crippen molar-refractivity contribution in [2.45, 2.75) is 53.5 Å². The first-order valence-corrected chi connectivity index (χ1v) is 7.31. The second-order valence-corrected chi connectivity index (χ2v) is 5.17. The Kier molecular flexibility index (Phi) is 14.6. The lowest BCUT2D eigenvalue weighted by Gasteiger charge is -2.18. The van der Waals surface area contributed by atoms with Crippen LogP contribution in [-0.2, 0) is 4.79 Å². The van der Waals surface area contributed by atoms with E-state index in [-0.39, 0.29) is 36.4 Å². The average molecular weight is 398 g/mol. The minimum absolute atomic E-state index is 0. The highest BCUT2D eigenvalue weighted by atomic mass is 127. The highest BCUT2D eigenvalue weighted by molar-refractivity contribution is 14.0. The van der Waals surface area contributed by atoms with E-state index in [0.717, 1.165) is 13.0 Å². The second kappa shape index (κ2) is 13.5. The summed E-state index contributed by atoms with van der Waals surface area (Å²) in [5, 5.41) is 9.22. The highest BCUT2D eigenvalue weighted by Gasteiger charge is 2.07. The van der Waals surface area contributed by atoms with E-state index in [1.54, 1.807) is 0 Å². The first-order chi connectivity index (χ1) is 8.99. The number of nitrogens with one attached hydrogen (secondary N) is 3. The molecule has 1 atom stereocenters. The number of carbonyl (C=O) groups is 1. The maximum absolute atomic E-state index is 11.4. The minimum atomic E-state index is -0.0467. The number of hydrogen-bond acceptors (Lipinski definition) is 2. The molecule has 0 saturated carbocycles. The van der Waals surface area contributed by atoms with E-state index in [0.29, 0.717) is 24.5 Å². The Morgan fingerprint density at radius 2 is 1.65 bits per heavy atom. The first kappa shape index (κ1) is 21.8. The number of amides is 1. The fourth-order valence-corrected chi connectivity index (χ4v) is 1.61. The van der Waals surface area contributed by atoms with Gasteiger partial charge in [0, 0.05) is 19.1 Å². The molecule has 3 N–H and O–H groups in total. The van der Waals surface area contributed by atoms with Crippen molar-refractivity contribution in [2.75, 3.05) is 19.6 Å². The van der Waals surface area contributed by atoms with Crippen LogP contribution in [0.15, 0.2) is 4.99 Å². The van der Waals surface area contributed by atoms with Crippen molar-refractivity contribution in [3.8, 4) is 0 Å². The molecule has 0 bridgehead atoms. The van der Waals surface area contributed by atoms with Crippen LogP contribution in [0.2, 0.25) is 0 Å². The third-order valence-electron chi connectivity index (χ3n) is 2.66. The standard InChI is InChI=1S/C14H30N4O.HI/c1-6-15-13(19)10-17-14(16-7-2)18-12(5)9-8-11(3)4;/h11-12H,6-10H2,1-5H3,(H,15,19)(H2,16,17,18);1H. The second-order valence-electron chi connectivity index (χ2n) is 5.17. The van der Waals surface area contributed by atoms with Gasteiger partial charge in [-0.25, -0.2) is 4.99 Å². The molecule has 0 spiro atoms. The molecule has 0 aliphatic heterocycles. The SMILES string of the molecule is CCNC(=O)CN=C(NCC)NC(C)CCC(C)C.I. The van der Waals surface area contributed by atoms with Crippen molar-refractivity contribution < 1.29 is 4.79 Å². The molecule has 0 heterocycles. The van der Waals surface area contributed by atoms with Crippen LogP contribution in [0.25, 0.3) is 0 Å². The van der Waals surface area contributed by atoms with Crippen LogP contribution < -0.4 is 16.0 Å². The fraction of sp³-hybridized carbons (Fsp3) is 0.857. The summed E-state index contributed by atoms with van der Waals surface area (Å²) < 4.78 is 0. The number of hydrogen-bond donors (Lipinski definition) is 3. The van der Waals surface area contributed by atoms with Gasteiger partial charge in [-0.1, -0.05) is 13.8 Å². The van der Waals surface area contributed by atoms with Crippen LogP contribution >= 0.6 is 24.0 Å². The van der Waals surface area contributed by atoms with Crippen LogP contribution in [0, 0.1) is 5.92 Å². The van der Waals surface area contributed by atoms with Gasteiger partial charge < -0.3 is 16.0 Å². The topological polar surface area (TPSA) is 65.5 Å². The molecule has 0 aliphatic rings. The molecule has 0 aromatic rings. The van der Waals surface area contributed by atoms with Gasteiger partial charge in [0.1, 0.15) is 6.54 Å². The number of nitrogens with zero attached hydrogens (tertiary/aromatic N) is 1. The monoisotopic (exact) mass is 398 g/mol. The van der Waals surface area contributed by atoms with E-state index in [4.69, 9.17) is 0 Å². The first-order valence-electron chi connectivity index (χ1n) is 7.31. The molecule has 1 amide bonds. The Labute approximate surface area is 140 Å². The Balaban J connectivity index is 0. The van der Waals surface area contributed by atoms with Gasteiger partial charge in [-0.2, -0.15) is 0 Å². The van der Waals surface area contributed by atoms with Gasteiger partial charge >= 0.3 is 0 Å². The number of carbonyl (C=O) groups excluding carboxylic acids is 1. The summed E-state index contributed by atoms with van der Waals surface area (Å²) in [5.74, 6) is 1.37.